The molecule has 3 nitrogen and oxygen atoms in total. The molecule has 0 bridgehead atoms. The van der Waals surface area contributed by atoms with Crippen molar-refractivity contribution in [1.82, 2.24) is 9.36 Å². The smallest absolute Gasteiger partial charge is 0.283 e. The Morgan fingerprint density at radius 2 is 1.89 bits per heavy atom. The lowest BCUT2D eigenvalue weighted by Gasteiger charge is -2.10. The highest BCUT2D eigenvalue weighted by atomic mass is 79.9. The van der Waals surface area contributed by atoms with Crippen molar-refractivity contribution >= 4 is 27.5 Å². The summed E-state index contributed by atoms with van der Waals surface area (Å²) in [5.41, 5.74) is -0.708. The van der Waals surface area contributed by atoms with Crippen LogP contribution in [-0.4, -0.2) is 9.36 Å². The van der Waals surface area contributed by atoms with Crippen LogP contribution in [0.2, 0.25) is 5.02 Å². The summed E-state index contributed by atoms with van der Waals surface area (Å²) in [6.07, 6.45) is 0. The molecule has 0 unspecified atom stereocenters. The van der Waals surface area contributed by atoms with Crippen LogP contribution in [0.5, 0.6) is 0 Å². The molecule has 0 aliphatic heterocycles. The molecule has 0 aliphatic carbocycles. The van der Waals surface area contributed by atoms with E-state index in [9.17, 15) is 18.0 Å². The van der Waals surface area contributed by atoms with E-state index < -0.39 is 28.7 Å². The standard InChI is InChI=1S/C11H7BrClF3N2O/c1-17-7(4-12)8(13)11(19)18(17)6-3-2-5(14)9(15)10(6)16/h2-3H,4H2,1H3. The van der Waals surface area contributed by atoms with Gasteiger partial charge in [0.2, 0.25) is 0 Å². The lowest BCUT2D eigenvalue weighted by molar-refractivity contribution is 0.439. The van der Waals surface area contributed by atoms with Crippen molar-refractivity contribution in [3.8, 4) is 5.69 Å². The van der Waals surface area contributed by atoms with Crippen molar-refractivity contribution in [2.45, 2.75) is 5.33 Å². The normalized spacial score (nSPS) is 11.1. The van der Waals surface area contributed by atoms with Gasteiger partial charge >= 0.3 is 0 Å². The van der Waals surface area contributed by atoms with Crippen molar-refractivity contribution in [2.75, 3.05) is 0 Å². The van der Waals surface area contributed by atoms with Crippen LogP contribution in [0.15, 0.2) is 16.9 Å². The molecule has 0 radical (unpaired) electrons. The highest BCUT2D eigenvalue weighted by Gasteiger charge is 2.21. The summed E-state index contributed by atoms with van der Waals surface area (Å²) in [5, 5.41) is 0.152. The lowest BCUT2D eigenvalue weighted by atomic mass is 10.3. The minimum Gasteiger partial charge on any atom is -0.283 e. The Bertz CT molecular complexity index is 711. The number of hydrogen-bond acceptors (Lipinski definition) is 1. The van der Waals surface area contributed by atoms with Gasteiger partial charge in [0.25, 0.3) is 5.56 Å². The molecule has 1 aromatic carbocycles. The van der Waals surface area contributed by atoms with Crippen LogP contribution >= 0.6 is 27.5 Å². The maximum atomic E-state index is 13.7. The predicted molar refractivity (Wildman–Crippen MR) is 68.5 cm³/mol. The number of halogens is 5. The van der Waals surface area contributed by atoms with Gasteiger partial charge in [-0.25, -0.2) is 17.9 Å². The summed E-state index contributed by atoms with van der Waals surface area (Å²) in [4.78, 5) is 11.9. The molecule has 8 heteroatoms. The van der Waals surface area contributed by atoms with E-state index in [1.54, 1.807) is 0 Å². The Labute approximate surface area is 119 Å². The summed E-state index contributed by atoms with van der Waals surface area (Å²) in [6, 6.07) is 1.72. The van der Waals surface area contributed by atoms with E-state index >= 15 is 0 Å². The lowest BCUT2D eigenvalue weighted by Crippen LogP contribution is -2.21. The number of benzene rings is 1. The summed E-state index contributed by atoms with van der Waals surface area (Å²) in [7, 11) is 1.46. The highest BCUT2D eigenvalue weighted by Crippen LogP contribution is 2.21. The van der Waals surface area contributed by atoms with Crippen LogP contribution in [0.3, 0.4) is 0 Å². The van der Waals surface area contributed by atoms with Crippen molar-refractivity contribution in [1.29, 1.82) is 0 Å². The van der Waals surface area contributed by atoms with Gasteiger partial charge in [-0.3, -0.25) is 9.48 Å². The number of rotatable bonds is 2. The fourth-order valence-electron chi connectivity index (χ4n) is 1.71. The first kappa shape index (κ1) is 14.2. The Balaban J connectivity index is 2.81. The molecule has 1 aromatic heterocycles. The fourth-order valence-corrected chi connectivity index (χ4v) is 2.78. The van der Waals surface area contributed by atoms with Crippen molar-refractivity contribution in [2.24, 2.45) is 7.05 Å². The van der Waals surface area contributed by atoms with E-state index in [2.05, 4.69) is 15.9 Å². The fraction of sp³-hybridized carbons (Fsp3) is 0.182. The minimum absolute atomic E-state index is 0.108. The topological polar surface area (TPSA) is 26.9 Å². The Morgan fingerprint density at radius 3 is 2.42 bits per heavy atom. The van der Waals surface area contributed by atoms with Crippen molar-refractivity contribution < 1.29 is 13.2 Å². The predicted octanol–water partition coefficient (Wildman–Crippen LogP) is 3.14. The second kappa shape index (κ2) is 5.05. The first-order chi connectivity index (χ1) is 8.90. The average molecular weight is 356 g/mol. The van der Waals surface area contributed by atoms with Gasteiger partial charge in [-0.05, 0) is 12.1 Å². The molecule has 2 aromatic rings. The molecule has 0 aliphatic rings. The van der Waals surface area contributed by atoms with E-state index in [1.165, 1.54) is 11.7 Å². The maximum absolute atomic E-state index is 13.7. The molecule has 102 valence electrons. The quantitative estimate of drug-likeness (QED) is 0.600. The molecular weight excluding hydrogens is 348 g/mol. The summed E-state index contributed by atoms with van der Waals surface area (Å²) < 4.78 is 41.9. The van der Waals surface area contributed by atoms with Crippen LogP contribution in [-0.2, 0) is 12.4 Å². The SMILES string of the molecule is Cn1c(CBr)c(Cl)c(=O)n1-c1ccc(F)c(F)c1F. The van der Waals surface area contributed by atoms with Gasteiger partial charge in [0, 0.05) is 12.4 Å². The van der Waals surface area contributed by atoms with Gasteiger partial charge in [0.15, 0.2) is 17.5 Å². The second-order valence-corrected chi connectivity index (χ2v) is 4.67. The minimum atomic E-state index is -1.64. The summed E-state index contributed by atoms with van der Waals surface area (Å²) in [5.74, 6) is -4.40. The third-order valence-corrected chi connectivity index (χ3v) is 3.60. The first-order valence-electron chi connectivity index (χ1n) is 5.06. The second-order valence-electron chi connectivity index (χ2n) is 3.73. The Hall–Kier alpha value is -1.21. The average Bonchev–Trinajstić information content (AvgIpc) is 2.59. The first-order valence-corrected chi connectivity index (χ1v) is 6.56. The molecule has 0 fully saturated rings. The van der Waals surface area contributed by atoms with Crippen LogP contribution in [0.4, 0.5) is 13.2 Å². The van der Waals surface area contributed by atoms with Crippen LogP contribution in [0.1, 0.15) is 5.69 Å². The monoisotopic (exact) mass is 354 g/mol. The van der Waals surface area contributed by atoms with Crippen LogP contribution in [0.25, 0.3) is 5.69 Å². The molecule has 0 saturated heterocycles. The zero-order valence-electron chi connectivity index (χ0n) is 9.55. The molecule has 2 rings (SSSR count). The van der Waals surface area contributed by atoms with Gasteiger partial charge in [0.1, 0.15) is 10.7 Å². The maximum Gasteiger partial charge on any atom is 0.290 e. The zero-order valence-corrected chi connectivity index (χ0v) is 11.9. The number of nitrogens with zero attached hydrogens (tertiary/aromatic N) is 2. The number of aromatic nitrogens is 2. The van der Waals surface area contributed by atoms with E-state index in [-0.39, 0.29) is 10.4 Å². The van der Waals surface area contributed by atoms with Gasteiger partial charge in [0.05, 0.1) is 5.69 Å². The molecule has 19 heavy (non-hydrogen) atoms. The third-order valence-electron chi connectivity index (χ3n) is 2.69. The number of hydrogen-bond donors (Lipinski definition) is 0. The van der Waals surface area contributed by atoms with Crippen LogP contribution in [0, 0.1) is 17.5 Å². The summed E-state index contributed by atoms with van der Waals surface area (Å²) >= 11 is 8.96. The summed E-state index contributed by atoms with van der Waals surface area (Å²) in [6.45, 7) is 0. The van der Waals surface area contributed by atoms with Crippen molar-refractivity contribution in [3.63, 3.8) is 0 Å². The van der Waals surface area contributed by atoms with E-state index in [0.29, 0.717) is 5.69 Å². The zero-order chi connectivity index (χ0) is 14.3. The van der Waals surface area contributed by atoms with Gasteiger partial charge in [-0.2, -0.15) is 0 Å². The van der Waals surface area contributed by atoms with Gasteiger partial charge < -0.3 is 0 Å². The van der Waals surface area contributed by atoms with Crippen LogP contribution < -0.4 is 5.56 Å². The third kappa shape index (κ3) is 2.10. The molecule has 0 atom stereocenters. The highest BCUT2D eigenvalue weighted by molar-refractivity contribution is 9.08. The largest absolute Gasteiger partial charge is 0.290 e. The van der Waals surface area contributed by atoms with E-state index in [4.69, 9.17) is 11.6 Å². The molecule has 0 spiro atoms. The molecule has 0 N–H and O–H groups in total. The van der Waals surface area contributed by atoms with Gasteiger partial charge in [-0.1, -0.05) is 27.5 Å². The van der Waals surface area contributed by atoms with Crippen molar-refractivity contribution in [3.05, 3.63) is 50.7 Å². The van der Waals surface area contributed by atoms with E-state index in [1.807, 2.05) is 0 Å². The van der Waals surface area contributed by atoms with E-state index in [0.717, 1.165) is 16.8 Å². The molecule has 1 heterocycles. The number of alkyl halides is 1. The molecule has 0 amide bonds. The Kier molecular flexibility index (Phi) is 3.78. The molecule has 0 saturated carbocycles. The van der Waals surface area contributed by atoms with Gasteiger partial charge in [-0.15, -0.1) is 0 Å². The molecular formula is C11H7BrClF3N2O. The Morgan fingerprint density at radius 1 is 1.26 bits per heavy atom.